The van der Waals surface area contributed by atoms with Crippen LogP contribution >= 0.6 is 27.5 Å². The molecule has 0 atom stereocenters. The molecular weight excluding hydrogens is 336 g/mol. The molecule has 0 aliphatic heterocycles. The average Bonchev–Trinajstić information content (AvgIpc) is 2.38. The summed E-state index contributed by atoms with van der Waals surface area (Å²) in [5, 5.41) is 0. The molecule has 2 aromatic rings. The summed E-state index contributed by atoms with van der Waals surface area (Å²) in [6, 6.07) is 10.3. The summed E-state index contributed by atoms with van der Waals surface area (Å²) in [7, 11) is 0. The lowest BCUT2D eigenvalue weighted by Crippen LogP contribution is -2.02. The van der Waals surface area contributed by atoms with Crippen molar-refractivity contribution in [3.05, 3.63) is 62.6 Å². The summed E-state index contributed by atoms with van der Waals surface area (Å²) < 4.78 is 6.98. The SMILES string of the molecule is Cc1cc(C)c(COc2ccc(Br)cc2CCl)c(C)c1. The molecule has 0 heterocycles. The van der Waals surface area contributed by atoms with Crippen LogP contribution in [-0.4, -0.2) is 0 Å². The van der Waals surface area contributed by atoms with E-state index in [9.17, 15) is 0 Å². The number of ether oxygens (including phenoxy) is 1. The molecule has 0 aromatic heterocycles. The van der Waals surface area contributed by atoms with Crippen LogP contribution in [0, 0.1) is 20.8 Å². The topological polar surface area (TPSA) is 9.23 Å². The van der Waals surface area contributed by atoms with E-state index in [0.29, 0.717) is 12.5 Å². The van der Waals surface area contributed by atoms with E-state index >= 15 is 0 Å². The van der Waals surface area contributed by atoms with Crippen molar-refractivity contribution in [1.29, 1.82) is 0 Å². The number of hydrogen-bond donors (Lipinski definition) is 0. The summed E-state index contributed by atoms with van der Waals surface area (Å²) in [6.07, 6.45) is 0. The van der Waals surface area contributed by atoms with E-state index in [1.807, 2.05) is 18.2 Å². The third-order valence-corrected chi connectivity index (χ3v) is 4.16. The van der Waals surface area contributed by atoms with Crippen molar-refractivity contribution >= 4 is 27.5 Å². The van der Waals surface area contributed by atoms with Gasteiger partial charge < -0.3 is 4.74 Å². The first-order valence-corrected chi connectivity index (χ1v) is 7.88. The lowest BCUT2D eigenvalue weighted by molar-refractivity contribution is 0.302. The number of benzene rings is 2. The van der Waals surface area contributed by atoms with Gasteiger partial charge in [0.1, 0.15) is 12.4 Å². The number of rotatable bonds is 4. The fraction of sp³-hybridized carbons (Fsp3) is 0.294. The molecule has 0 aliphatic rings. The molecule has 2 rings (SSSR count). The first-order chi connectivity index (χ1) is 9.51. The molecule has 0 spiro atoms. The van der Waals surface area contributed by atoms with Crippen molar-refractivity contribution in [1.82, 2.24) is 0 Å². The van der Waals surface area contributed by atoms with Gasteiger partial charge in [-0.1, -0.05) is 33.6 Å². The third-order valence-electron chi connectivity index (χ3n) is 3.38. The number of hydrogen-bond acceptors (Lipinski definition) is 1. The zero-order valence-corrected chi connectivity index (χ0v) is 14.3. The summed E-state index contributed by atoms with van der Waals surface area (Å²) in [5.74, 6) is 1.29. The molecule has 0 saturated carbocycles. The Morgan fingerprint density at radius 2 is 1.70 bits per heavy atom. The average molecular weight is 354 g/mol. The minimum absolute atomic E-state index is 0.445. The van der Waals surface area contributed by atoms with E-state index in [1.165, 1.54) is 22.3 Å². The molecule has 106 valence electrons. The largest absolute Gasteiger partial charge is 0.489 e. The van der Waals surface area contributed by atoms with Gasteiger partial charge in [0.05, 0.1) is 5.88 Å². The van der Waals surface area contributed by atoms with Crippen LogP contribution in [0.15, 0.2) is 34.8 Å². The van der Waals surface area contributed by atoms with Crippen LogP contribution in [0.4, 0.5) is 0 Å². The van der Waals surface area contributed by atoms with E-state index < -0.39 is 0 Å². The molecular formula is C17H18BrClO. The van der Waals surface area contributed by atoms with E-state index in [1.54, 1.807) is 0 Å². The first-order valence-electron chi connectivity index (χ1n) is 6.55. The first kappa shape index (κ1) is 15.4. The van der Waals surface area contributed by atoms with Crippen molar-refractivity contribution in [3.63, 3.8) is 0 Å². The van der Waals surface area contributed by atoms with Gasteiger partial charge >= 0.3 is 0 Å². The fourth-order valence-corrected chi connectivity index (χ4v) is 3.00. The van der Waals surface area contributed by atoms with Gasteiger partial charge in [-0.25, -0.2) is 0 Å². The molecule has 0 radical (unpaired) electrons. The van der Waals surface area contributed by atoms with E-state index in [2.05, 4.69) is 48.8 Å². The second-order valence-corrected chi connectivity index (χ2v) is 6.23. The molecule has 0 fully saturated rings. The highest BCUT2D eigenvalue weighted by Crippen LogP contribution is 2.26. The minimum atomic E-state index is 0.445. The highest BCUT2D eigenvalue weighted by molar-refractivity contribution is 9.10. The highest BCUT2D eigenvalue weighted by atomic mass is 79.9. The maximum atomic E-state index is 5.97. The molecule has 0 aliphatic carbocycles. The normalized spacial score (nSPS) is 10.7. The van der Waals surface area contributed by atoms with Crippen LogP contribution in [0.3, 0.4) is 0 Å². The van der Waals surface area contributed by atoms with Gasteiger partial charge in [-0.15, -0.1) is 11.6 Å². The van der Waals surface area contributed by atoms with Crippen molar-refractivity contribution in [2.24, 2.45) is 0 Å². The molecule has 3 heteroatoms. The summed E-state index contributed by atoms with van der Waals surface area (Å²) in [6.45, 7) is 6.94. The molecule has 0 amide bonds. The Hall–Kier alpha value is -0.990. The minimum Gasteiger partial charge on any atom is -0.489 e. The summed E-state index contributed by atoms with van der Waals surface area (Å²) in [5.41, 5.74) is 6.08. The summed E-state index contributed by atoms with van der Waals surface area (Å²) >= 11 is 9.42. The van der Waals surface area contributed by atoms with Crippen LogP contribution in [-0.2, 0) is 12.5 Å². The Labute approximate surface area is 134 Å². The molecule has 0 N–H and O–H groups in total. The van der Waals surface area contributed by atoms with Gasteiger partial charge in [0, 0.05) is 10.0 Å². The lowest BCUT2D eigenvalue weighted by Gasteiger charge is -2.14. The van der Waals surface area contributed by atoms with Crippen molar-refractivity contribution in [2.45, 2.75) is 33.3 Å². The van der Waals surface area contributed by atoms with Gasteiger partial charge in [0.25, 0.3) is 0 Å². The van der Waals surface area contributed by atoms with Gasteiger partial charge in [-0.3, -0.25) is 0 Å². The van der Waals surface area contributed by atoms with Gasteiger partial charge in [-0.05, 0) is 55.7 Å². The summed E-state index contributed by atoms with van der Waals surface area (Å²) in [4.78, 5) is 0. The van der Waals surface area contributed by atoms with Gasteiger partial charge in [0.15, 0.2) is 0 Å². The van der Waals surface area contributed by atoms with Crippen LogP contribution in [0.25, 0.3) is 0 Å². The number of aryl methyl sites for hydroxylation is 3. The van der Waals surface area contributed by atoms with Crippen molar-refractivity contribution < 1.29 is 4.74 Å². The van der Waals surface area contributed by atoms with Crippen LogP contribution in [0.2, 0.25) is 0 Å². The zero-order valence-electron chi connectivity index (χ0n) is 12.0. The standard InChI is InChI=1S/C17H18BrClO/c1-11-6-12(2)16(13(3)7-11)10-20-17-5-4-15(18)8-14(17)9-19/h4-8H,9-10H2,1-3H3. The monoisotopic (exact) mass is 352 g/mol. The quantitative estimate of drug-likeness (QED) is 0.641. The van der Waals surface area contributed by atoms with Gasteiger partial charge in [0.2, 0.25) is 0 Å². The smallest absolute Gasteiger partial charge is 0.124 e. The lowest BCUT2D eigenvalue weighted by atomic mass is 10.0. The Morgan fingerprint density at radius 3 is 2.30 bits per heavy atom. The number of alkyl halides is 1. The third kappa shape index (κ3) is 3.56. The molecule has 0 bridgehead atoms. The second-order valence-electron chi connectivity index (χ2n) is 5.05. The molecule has 0 saturated heterocycles. The van der Waals surface area contributed by atoms with Crippen molar-refractivity contribution in [3.8, 4) is 5.75 Å². The Bertz CT molecular complexity index is 599. The van der Waals surface area contributed by atoms with E-state index in [-0.39, 0.29) is 0 Å². The predicted octanol–water partition coefficient (Wildman–Crippen LogP) is 5.69. The maximum Gasteiger partial charge on any atom is 0.124 e. The van der Waals surface area contributed by atoms with Crippen LogP contribution < -0.4 is 4.74 Å². The Balaban J connectivity index is 2.21. The highest BCUT2D eigenvalue weighted by Gasteiger charge is 2.08. The second kappa shape index (κ2) is 6.64. The molecule has 2 aromatic carbocycles. The van der Waals surface area contributed by atoms with E-state index in [4.69, 9.17) is 16.3 Å². The van der Waals surface area contributed by atoms with Gasteiger partial charge in [-0.2, -0.15) is 0 Å². The predicted molar refractivity (Wildman–Crippen MR) is 88.7 cm³/mol. The maximum absolute atomic E-state index is 5.97. The Morgan fingerprint density at radius 1 is 1.05 bits per heavy atom. The van der Waals surface area contributed by atoms with Crippen molar-refractivity contribution in [2.75, 3.05) is 0 Å². The zero-order chi connectivity index (χ0) is 14.7. The molecule has 1 nitrogen and oxygen atoms in total. The fourth-order valence-electron chi connectivity index (χ4n) is 2.38. The molecule has 20 heavy (non-hydrogen) atoms. The molecule has 0 unspecified atom stereocenters. The van der Waals surface area contributed by atoms with Crippen LogP contribution in [0.5, 0.6) is 5.75 Å². The Kier molecular flexibility index (Phi) is 5.11. The van der Waals surface area contributed by atoms with E-state index in [0.717, 1.165) is 15.8 Å². The number of halogens is 2. The van der Waals surface area contributed by atoms with Crippen LogP contribution in [0.1, 0.15) is 27.8 Å².